The van der Waals surface area contributed by atoms with Crippen LogP contribution in [-0.2, 0) is 16.1 Å². The van der Waals surface area contributed by atoms with Gasteiger partial charge in [0.25, 0.3) is 5.91 Å². The molecule has 1 aromatic rings. The molecule has 0 aliphatic rings. The molecule has 5 nitrogen and oxygen atoms in total. The van der Waals surface area contributed by atoms with E-state index in [0.717, 1.165) is 10.0 Å². The summed E-state index contributed by atoms with van der Waals surface area (Å²) in [6.07, 6.45) is 0.0267. The van der Waals surface area contributed by atoms with E-state index in [4.69, 9.17) is 15.3 Å². The average molecular weight is 331 g/mol. The van der Waals surface area contributed by atoms with Crippen LogP contribution in [0.15, 0.2) is 22.7 Å². The van der Waals surface area contributed by atoms with Crippen LogP contribution in [0.4, 0.5) is 0 Å². The molecule has 0 saturated heterocycles. The number of carbonyl (C=O) groups excluding carboxylic acids is 1. The van der Waals surface area contributed by atoms with Gasteiger partial charge in [-0.05, 0) is 31.5 Å². The number of nitrogens with two attached hydrogens (primary N) is 1. The summed E-state index contributed by atoms with van der Waals surface area (Å²) >= 11 is 3.42. The predicted octanol–water partition coefficient (Wildman–Crippen LogP) is 1.99. The Balaban J connectivity index is 2.57. The third-order valence-corrected chi connectivity index (χ3v) is 3.26. The van der Waals surface area contributed by atoms with Crippen molar-refractivity contribution in [2.45, 2.75) is 26.6 Å². The largest absolute Gasteiger partial charge is 0.379 e. The first-order valence-electron chi connectivity index (χ1n) is 6.07. The molecule has 1 atom stereocenters. The third kappa shape index (κ3) is 5.28. The fraction of sp³-hybridized carbons (Fsp3) is 0.462. The molecule has 0 spiro atoms. The number of rotatable bonds is 7. The van der Waals surface area contributed by atoms with Crippen molar-refractivity contribution in [3.8, 4) is 0 Å². The third-order valence-electron chi connectivity index (χ3n) is 2.53. The van der Waals surface area contributed by atoms with E-state index in [1.807, 2.05) is 19.9 Å². The minimum absolute atomic E-state index is 0.0267. The van der Waals surface area contributed by atoms with E-state index in [0.29, 0.717) is 25.4 Å². The second-order valence-electron chi connectivity index (χ2n) is 4.06. The summed E-state index contributed by atoms with van der Waals surface area (Å²) < 4.78 is 11.7. The van der Waals surface area contributed by atoms with Gasteiger partial charge in [0.2, 0.25) is 0 Å². The summed E-state index contributed by atoms with van der Waals surface area (Å²) in [5, 5.41) is 0. The van der Waals surface area contributed by atoms with Gasteiger partial charge in [-0.25, -0.2) is 5.84 Å². The normalized spacial score (nSPS) is 12.2. The van der Waals surface area contributed by atoms with E-state index < -0.39 is 0 Å². The molecule has 0 radical (unpaired) electrons. The Hall–Kier alpha value is -0.950. The summed E-state index contributed by atoms with van der Waals surface area (Å²) in [4.78, 5) is 11.4. The molecule has 0 saturated carbocycles. The van der Waals surface area contributed by atoms with Crippen LogP contribution in [0.1, 0.15) is 29.8 Å². The molecule has 1 rings (SSSR count). The highest BCUT2D eigenvalue weighted by Crippen LogP contribution is 2.20. The van der Waals surface area contributed by atoms with Gasteiger partial charge in [-0.15, -0.1) is 0 Å². The van der Waals surface area contributed by atoms with Crippen molar-refractivity contribution in [3.05, 3.63) is 33.8 Å². The molecule has 1 unspecified atom stereocenters. The van der Waals surface area contributed by atoms with E-state index in [9.17, 15) is 4.79 Å². The number of hydrogen-bond acceptors (Lipinski definition) is 4. The Morgan fingerprint density at radius 1 is 1.53 bits per heavy atom. The molecule has 1 aromatic carbocycles. The maximum atomic E-state index is 11.4. The Morgan fingerprint density at radius 2 is 2.26 bits per heavy atom. The number of carbonyl (C=O) groups is 1. The Kier molecular flexibility index (Phi) is 7.01. The lowest BCUT2D eigenvalue weighted by molar-refractivity contribution is -0.0118. The van der Waals surface area contributed by atoms with Crippen LogP contribution in [-0.4, -0.2) is 25.2 Å². The molecule has 106 valence electrons. The second-order valence-corrected chi connectivity index (χ2v) is 4.92. The van der Waals surface area contributed by atoms with Crippen molar-refractivity contribution in [3.63, 3.8) is 0 Å². The number of hydrazine groups is 1. The molecule has 6 heteroatoms. The van der Waals surface area contributed by atoms with Crippen molar-refractivity contribution >= 4 is 21.8 Å². The summed E-state index contributed by atoms with van der Waals surface area (Å²) in [7, 11) is 0. The topological polar surface area (TPSA) is 73.6 Å². The van der Waals surface area contributed by atoms with Crippen molar-refractivity contribution in [2.75, 3.05) is 13.2 Å². The number of halogens is 1. The van der Waals surface area contributed by atoms with Crippen LogP contribution in [0.2, 0.25) is 0 Å². The summed E-state index contributed by atoms with van der Waals surface area (Å²) in [6, 6.07) is 5.26. The first-order valence-corrected chi connectivity index (χ1v) is 6.86. The van der Waals surface area contributed by atoms with E-state index in [2.05, 4.69) is 21.4 Å². The fourth-order valence-electron chi connectivity index (χ4n) is 1.45. The molecule has 3 N–H and O–H groups in total. The second kappa shape index (κ2) is 8.27. The number of benzene rings is 1. The number of nitrogens with one attached hydrogen (secondary N) is 1. The standard InChI is InChI=1S/C13H19BrN2O3/c1-3-18-7-9(2)19-8-11-5-4-10(6-12(11)14)13(17)16-15/h4-6,9H,3,7-8,15H2,1-2H3,(H,16,17). The number of nitrogen functional groups attached to an aromatic ring is 1. The van der Waals surface area contributed by atoms with E-state index >= 15 is 0 Å². The number of amides is 1. The Bertz CT molecular complexity index is 426. The van der Waals surface area contributed by atoms with Gasteiger partial charge in [-0.3, -0.25) is 10.2 Å². The number of ether oxygens (including phenoxy) is 2. The zero-order chi connectivity index (χ0) is 14.3. The minimum Gasteiger partial charge on any atom is -0.379 e. The van der Waals surface area contributed by atoms with Crippen LogP contribution in [0, 0.1) is 0 Å². The molecule has 0 bridgehead atoms. The van der Waals surface area contributed by atoms with Crippen molar-refractivity contribution in [1.29, 1.82) is 0 Å². The smallest absolute Gasteiger partial charge is 0.265 e. The maximum Gasteiger partial charge on any atom is 0.265 e. The lowest BCUT2D eigenvalue weighted by Crippen LogP contribution is -2.29. The van der Waals surface area contributed by atoms with Crippen LogP contribution in [0.25, 0.3) is 0 Å². The van der Waals surface area contributed by atoms with Crippen LogP contribution < -0.4 is 11.3 Å². The lowest BCUT2D eigenvalue weighted by atomic mass is 10.1. The van der Waals surface area contributed by atoms with Crippen molar-refractivity contribution in [1.82, 2.24) is 5.43 Å². The van der Waals surface area contributed by atoms with Gasteiger partial charge in [0.05, 0.1) is 19.3 Å². The highest BCUT2D eigenvalue weighted by Gasteiger charge is 2.09. The van der Waals surface area contributed by atoms with Crippen LogP contribution >= 0.6 is 15.9 Å². The minimum atomic E-state index is -0.321. The van der Waals surface area contributed by atoms with Crippen molar-refractivity contribution in [2.24, 2.45) is 5.84 Å². The lowest BCUT2D eigenvalue weighted by Gasteiger charge is -2.14. The SMILES string of the molecule is CCOCC(C)OCc1ccc(C(=O)NN)cc1Br. The molecule has 0 aliphatic carbocycles. The first kappa shape index (κ1) is 16.1. The molecule has 0 fully saturated rings. The number of hydrogen-bond donors (Lipinski definition) is 2. The van der Waals surface area contributed by atoms with Crippen LogP contribution in [0.3, 0.4) is 0 Å². The molecular weight excluding hydrogens is 312 g/mol. The van der Waals surface area contributed by atoms with E-state index in [-0.39, 0.29) is 12.0 Å². The van der Waals surface area contributed by atoms with E-state index in [1.165, 1.54) is 0 Å². The fourth-order valence-corrected chi connectivity index (χ4v) is 1.95. The molecule has 0 aliphatic heterocycles. The first-order chi connectivity index (χ1) is 9.08. The summed E-state index contributed by atoms with van der Waals surface area (Å²) in [6.45, 7) is 5.62. The van der Waals surface area contributed by atoms with Gasteiger partial charge >= 0.3 is 0 Å². The quantitative estimate of drug-likeness (QED) is 0.455. The van der Waals surface area contributed by atoms with E-state index in [1.54, 1.807) is 12.1 Å². The van der Waals surface area contributed by atoms with Gasteiger partial charge in [-0.2, -0.15) is 0 Å². The molecule has 19 heavy (non-hydrogen) atoms. The average Bonchev–Trinajstić information content (AvgIpc) is 2.42. The zero-order valence-corrected chi connectivity index (χ0v) is 12.7. The van der Waals surface area contributed by atoms with Gasteiger partial charge < -0.3 is 9.47 Å². The summed E-state index contributed by atoms with van der Waals surface area (Å²) in [5.74, 6) is 4.76. The maximum absolute atomic E-state index is 11.4. The predicted molar refractivity (Wildman–Crippen MR) is 76.5 cm³/mol. The Labute approximate surface area is 121 Å². The molecule has 0 heterocycles. The molecule has 0 aromatic heterocycles. The van der Waals surface area contributed by atoms with Crippen LogP contribution in [0.5, 0.6) is 0 Å². The van der Waals surface area contributed by atoms with Gasteiger partial charge in [0.1, 0.15) is 0 Å². The monoisotopic (exact) mass is 330 g/mol. The van der Waals surface area contributed by atoms with Gasteiger partial charge in [0.15, 0.2) is 0 Å². The van der Waals surface area contributed by atoms with Gasteiger partial charge in [-0.1, -0.05) is 22.0 Å². The zero-order valence-electron chi connectivity index (χ0n) is 11.1. The highest BCUT2D eigenvalue weighted by molar-refractivity contribution is 9.10. The van der Waals surface area contributed by atoms with Crippen molar-refractivity contribution < 1.29 is 14.3 Å². The highest BCUT2D eigenvalue weighted by atomic mass is 79.9. The summed E-state index contributed by atoms with van der Waals surface area (Å²) in [5.41, 5.74) is 3.56. The molecular formula is C13H19BrN2O3. The Morgan fingerprint density at radius 3 is 2.84 bits per heavy atom. The van der Waals surface area contributed by atoms with Gasteiger partial charge in [0, 0.05) is 16.6 Å². The molecule has 1 amide bonds.